The molecule has 0 amide bonds. The summed E-state index contributed by atoms with van der Waals surface area (Å²) in [5.41, 5.74) is 1.47. The molecular weight excluding hydrogens is 196 g/mol. The van der Waals surface area contributed by atoms with Gasteiger partial charge in [0.05, 0.1) is 12.9 Å². The van der Waals surface area contributed by atoms with Crippen molar-refractivity contribution in [2.75, 3.05) is 18.1 Å². The molecular formula is C11H18O2S. The fourth-order valence-corrected chi connectivity index (χ4v) is 3.15. The predicted octanol–water partition coefficient (Wildman–Crippen LogP) is 2.23. The molecule has 0 N–H and O–H groups in total. The maximum absolute atomic E-state index is 10.8. The van der Waals surface area contributed by atoms with Crippen molar-refractivity contribution >= 4 is 10.8 Å². The van der Waals surface area contributed by atoms with Crippen LogP contribution in [-0.4, -0.2) is 22.3 Å². The Bertz CT molecular complexity index is 232. The highest BCUT2D eigenvalue weighted by molar-refractivity contribution is 7.86. The molecule has 2 rings (SSSR count). The molecule has 1 saturated carbocycles. The molecule has 1 aliphatic carbocycles. The smallest absolute Gasteiger partial charge is 0.0919 e. The first kappa shape index (κ1) is 10.2. The van der Waals surface area contributed by atoms with Gasteiger partial charge in [-0.1, -0.05) is 6.42 Å². The van der Waals surface area contributed by atoms with Crippen LogP contribution in [0.3, 0.4) is 0 Å². The van der Waals surface area contributed by atoms with E-state index in [1.807, 2.05) is 6.26 Å². The molecule has 2 nitrogen and oxygen atoms in total. The van der Waals surface area contributed by atoms with Crippen molar-refractivity contribution in [2.24, 2.45) is 5.92 Å². The molecule has 3 heteroatoms. The summed E-state index contributed by atoms with van der Waals surface area (Å²) in [6, 6.07) is 0. The van der Waals surface area contributed by atoms with E-state index in [0.29, 0.717) is 5.92 Å². The van der Waals surface area contributed by atoms with Gasteiger partial charge in [0.25, 0.3) is 0 Å². The quantitative estimate of drug-likeness (QED) is 0.673. The van der Waals surface area contributed by atoms with Crippen molar-refractivity contribution in [3.8, 4) is 0 Å². The molecule has 0 atom stereocenters. The molecule has 0 bridgehead atoms. The number of rotatable bonds is 3. The van der Waals surface area contributed by atoms with Gasteiger partial charge in [0.2, 0.25) is 0 Å². The van der Waals surface area contributed by atoms with Crippen LogP contribution in [0.15, 0.2) is 11.8 Å². The van der Waals surface area contributed by atoms with Gasteiger partial charge in [0, 0.05) is 28.2 Å². The highest BCUT2D eigenvalue weighted by Crippen LogP contribution is 2.23. The molecule has 0 aromatic carbocycles. The van der Waals surface area contributed by atoms with Gasteiger partial charge in [-0.15, -0.1) is 0 Å². The third-order valence-corrected chi connectivity index (χ3v) is 4.61. The zero-order valence-corrected chi connectivity index (χ0v) is 9.35. The maximum atomic E-state index is 10.8. The largest absolute Gasteiger partial charge is 0.501 e. The van der Waals surface area contributed by atoms with Crippen LogP contribution in [0.4, 0.5) is 0 Å². The second-order valence-electron chi connectivity index (χ2n) is 4.31. The molecule has 1 aliphatic heterocycles. The van der Waals surface area contributed by atoms with Crippen molar-refractivity contribution in [3.05, 3.63) is 11.8 Å². The van der Waals surface area contributed by atoms with Crippen LogP contribution in [0, 0.1) is 5.92 Å². The average Bonchev–Trinajstić information content (AvgIpc) is 2.17. The summed E-state index contributed by atoms with van der Waals surface area (Å²) in [6.45, 7) is 0.773. The molecule has 0 aromatic heterocycles. The Morgan fingerprint density at radius 3 is 2.64 bits per heavy atom. The average molecular weight is 214 g/mol. The molecule has 0 spiro atoms. The maximum Gasteiger partial charge on any atom is 0.0919 e. The summed E-state index contributed by atoms with van der Waals surface area (Å²) >= 11 is 0. The molecule has 0 unspecified atom stereocenters. The molecule has 14 heavy (non-hydrogen) atoms. The summed E-state index contributed by atoms with van der Waals surface area (Å²) in [7, 11) is -0.531. The van der Waals surface area contributed by atoms with Gasteiger partial charge in [0.15, 0.2) is 0 Å². The van der Waals surface area contributed by atoms with E-state index in [0.717, 1.165) is 18.1 Å². The second-order valence-corrected chi connectivity index (χ2v) is 5.86. The van der Waals surface area contributed by atoms with E-state index in [1.165, 1.54) is 37.7 Å². The summed E-state index contributed by atoms with van der Waals surface area (Å²) in [6.07, 6.45) is 8.41. The Morgan fingerprint density at radius 2 is 2.00 bits per heavy atom. The first-order chi connectivity index (χ1) is 6.84. The Balaban J connectivity index is 1.63. The minimum Gasteiger partial charge on any atom is -0.501 e. The lowest BCUT2D eigenvalue weighted by Gasteiger charge is -2.24. The summed E-state index contributed by atoms with van der Waals surface area (Å²) < 4.78 is 16.3. The van der Waals surface area contributed by atoms with Crippen LogP contribution >= 0.6 is 0 Å². The van der Waals surface area contributed by atoms with E-state index in [4.69, 9.17) is 4.74 Å². The van der Waals surface area contributed by atoms with Crippen molar-refractivity contribution < 1.29 is 8.95 Å². The molecule has 0 radical (unpaired) electrons. The van der Waals surface area contributed by atoms with Gasteiger partial charge in [-0.3, -0.25) is 4.21 Å². The van der Waals surface area contributed by atoms with E-state index in [2.05, 4.69) is 0 Å². The summed E-state index contributed by atoms with van der Waals surface area (Å²) in [5, 5.41) is 0. The molecule has 1 heterocycles. The van der Waals surface area contributed by atoms with E-state index in [-0.39, 0.29) is 0 Å². The molecule has 2 aliphatic rings. The second kappa shape index (κ2) is 4.96. The van der Waals surface area contributed by atoms with Gasteiger partial charge in [-0.25, -0.2) is 0 Å². The van der Waals surface area contributed by atoms with Gasteiger partial charge in [-0.05, 0) is 31.3 Å². The topological polar surface area (TPSA) is 26.3 Å². The van der Waals surface area contributed by atoms with Crippen LogP contribution in [0.2, 0.25) is 0 Å². The van der Waals surface area contributed by atoms with Crippen molar-refractivity contribution in [1.29, 1.82) is 0 Å². The molecule has 80 valence electrons. The lowest BCUT2D eigenvalue weighted by molar-refractivity contribution is 0.204. The van der Waals surface area contributed by atoms with Gasteiger partial charge < -0.3 is 4.74 Å². The molecule has 1 saturated heterocycles. The lowest BCUT2D eigenvalue weighted by Crippen LogP contribution is -2.34. The van der Waals surface area contributed by atoms with E-state index in [9.17, 15) is 4.21 Å². The monoisotopic (exact) mass is 214 g/mol. The third kappa shape index (κ3) is 2.84. The Hall–Kier alpha value is -0.310. The third-order valence-electron chi connectivity index (χ3n) is 2.92. The normalized spacial score (nSPS) is 32.1. The summed E-state index contributed by atoms with van der Waals surface area (Å²) in [5.74, 6) is 2.25. The fraction of sp³-hybridized carbons (Fsp3) is 0.818. The number of ether oxygens (including phenoxy) is 1. The molecule has 2 fully saturated rings. The van der Waals surface area contributed by atoms with E-state index < -0.39 is 10.8 Å². The van der Waals surface area contributed by atoms with Crippen molar-refractivity contribution in [1.82, 2.24) is 0 Å². The number of hydrogen-bond donors (Lipinski definition) is 0. The van der Waals surface area contributed by atoms with Crippen molar-refractivity contribution in [3.63, 3.8) is 0 Å². The fourth-order valence-electron chi connectivity index (χ4n) is 2.00. The zero-order chi connectivity index (χ0) is 9.80. The number of allylic oxidation sites excluding steroid dienone is 1. The van der Waals surface area contributed by atoms with Crippen LogP contribution in [0.5, 0.6) is 0 Å². The minimum absolute atomic E-state index is 0.531. The van der Waals surface area contributed by atoms with Gasteiger partial charge in [0.1, 0.15) is 0 Å². The Kier molecular flexibility index (Phi) is 3.62. The van der Waals surface area contributed by atoms with Gasteiger partial charge in [-0.2, -0.15) is 0 Å². The van der Waals surface area contributed by atoms with E-state index in [1.54, 1.807) is 0 Å². The summed E-state index contributed by atoms with van der Waals surface area (Å²) in [4.78, 5) is 0. The SMILES string of the molecule is O=S1CC(COC=C2CCCCC2)C1. The first-order valence-corrected chi connectivity index (χ1v) is 6.98. The standard InChI is InChI=1S/C11H18O2S/c12-14-8-11(9-14)7-13-6-10-4-2-1-3-5-10/h6,11H,1-5,7-9H2. The highest BCUT2D eigenvalue weighted by atomic mass is 32.2. The van der Waals surface area contributed by atoms with Crippen LogP contribution in [0.1, 0.15) is 32.1 Å². The predicted molar refractivity (Wildman–Crippen MR) is 58.5 cm³/mol. The number of hydrogen-bond acceptors (Lipinski definition) is 2. The Labute approximate surface area is 88.2 Å². The highest BCUT2D eigenvalue weighted by Gasteiger charge is 2.25. The van der Waals surface area contributed by atoms with Crippen LogP contribution < -0.4 is 0 Å². The van der Waals surface area contributed by atoms with Crippen LogP contribution in [-0.2, 0) is 15.5 Å². The first-order valence-electron chi connectivity index (χ1n) is 5.49. The Morgan fingerprint density at radius 1 is 1.29 bits per heavy atom. The van der Waals surface area contributed by atoms with Gasteiger partial charge >= 0.3 is 0 Å². The zero-order valence-electron chi connectivity index (χ0n) is 8.54. The molecule has 0 aromatic rings. The van der Waals surface area contributed by atoms with Crippen molar-refractivity contribution in [2.45, 2.75) is 32.1 Å². The lowest BCUT2D eigenvalue weighted by atomic mass is 9.96. The van der Waals surface area contributed by atoms with Crippen LogP contribution in [0.25, 0.3) is 0 Å². The minimum atomic E-state index is -0.531. The van der Waals surface area contributed by atoms with E-state index >= 15 is 0 Å².